The number of benzene rings is 1. The maximum absolute atomic E-state index is 13.8. The first kappa shape index (κ1) is 14.5. The van der Waals surface area contributed by atoms with Crippen LogP contribution in [-0.2, 0) is 6.54 Å². The number of rotatable bonds is 4. The Kier molecular flexibility index (Phi) is 4.09. The van der Waals surface area contributed by atoms with Crippen LogP contribution in [0.5, 0.6) is 5.75 Å². The van der Waals surface area contributed by atoms with Gasteiger partial charge in [-0.05, 0) is 39.0 Å². The third kappa shape index (κ3) is 3.36. The van der Waals surface area contributed by atoms with Crippen LogP contribution in [0.3, 0.4) is 0 Å². The van der Waals surface area contributed by atoms with Crippen LogP contribution in [0.2, 0.25) is 0 Å². The molecule has 0 fully saturated rings. The zero-order valence-electron chi connectivity index (χ0n) is 12.2. The number of hydrogen-bond donors (Lipinski definition) is 2. The monoisotopic (exact) mass is 277 g/mol. The number of nitrogens with zero attached hydrogens (tertiary/aromatic N) is 1. The normalized spacial score (nSPS) is 11.7. The van der Waals surface area contributed by atoms with E-state index in [2.05, 4.69) is 36.3 Å². The molecule has 0 aliphatic carbocycles. The summed E-state index contributed by atoms with van der Waals surface area (Å²) in [4.78, 5) is 0. The van der Waals surface area contributed by atoms with Gasteiger partial charge in [0.25, 0.3) is 0 Å². The van der Waals surface area contributed by atoms with Gasteiger partial charge in [-0.15, -0.1) is 0 Å². The van der Waals surface area contributed by atoms with Gasteiger partial charge in [-0.2, -0.15) is 5.10 Å². The van der Waals surface area contributed by atoms with Gasteiger partial charge >= 0.3 is 0 Å². The molecule has 0 saturated carbocycles. The van der Waals surface area contributed by atoms with Gasteiger partial charge in [-0.3, -0.25) is 5.10 Å². The summed E-state index contributed by atoms with van der Waals surface area (Å²) >= 11 is 0. The summed E-state index contributed by atoms with van der Waals surface area (Å²) < 4.78 is 18.7. The first-order valence-corrected chi connectivity index (χ1v) is 6.52. The number of nitrogens with one attached hydrogen (secondary N) is 2. The molecule has 0 amide bonds. The fourth-order valence-electron chi connectivity index (χ4n) is 1.88. The highest BCUT2D eigenvalue weighted by Crippen LogP contribution is 2.26. The van der Waals surface area contributed by atoms with Crippen LogP contribution in [0.1, 0.15) is 26.3 Å². The molecular formula is C15H20FN3O. The fraction of sp³-hybridized carbons (Fsp3) is 0.400. The summed E-state index contributed by atoms with van der Waals surface area (Å²) in [5.41, 5.74) is 2.60. The minimum absolute atomic E-state index is 0.0136. The SMILES string of the molecule is COc1ccc(-c2[nH]ncc2CNC(C)(C)C)cc1F. The van der Waals surface area contributed by atoms with E-state index in [4.69, 9.17) is 4.74 Å². The van der Waals surface area contributed by atoms with Gasteiger partial charge in [0, 0.05) is 23.2 Å². The standard InChI is InChI=1S/C15H20FN3O/c1-15(2,3)17-8-11-9-18-19-14(11)10-5-6-13(20-4)12(16)7-10/h5-7,9,17H,8H2,1-4H3,(H,18,19). The van der Waals surface area contributed by atoms with E-state index in [0.717, 1.165) is 16.8 Å². The topological polar surface area (TPSA) is 49.9 Å². The van der Waals surface area contributed by atoms with E-state index in [1.165, 1.54) is 13.2 Å². The van der Waals surface area contributed by atoms with E-state index in [-0.39, 0.29) is 17.1 Å². The largest absolute Gasteiger partial charge is 0.494 e. The molecule has 4 nitrogen and oxygen atoms in total. The quantitative estimate of drug-likeness (QED) is 0.902. The van der Waals surface area contributed by atoms with E-state index >= 15 is 0 Å². The lowest BCUT2D eigenvalue weighted by Gasteiger charge is -2.20. The number of hydrogen-bond acceptors (Lipinski definition) is 3. The van der Waals surface area contributed by atoms with Crippen LogP contribution in [0.15, 0.2) is 24.4 Å². The summed E-state index contributed by atoms with van der Waals surface area (Å²) in [5, 5.41) is 10.4. The van der Waals surface area contributed by atoms with Crippen molar-refractivity contribution in [1.82, 2.24) is 15.5 Å². The van der Waals surface area contributed by atoms with Crippen LogP contribution in [-0.4, -0.2) is 22.8 Å². The Balaban J connectivity index is 2.25. The average Bonchev–Trinajstić information content (AvgIpc) is 2.83. The second-order valence-electron chi connectivity index (χ2n) is 5.72. The minimum atomic E-state index is -0.380. The zero-order valence-corrected chi connectivity index (χ0v) is 12.2. The van der Waals surface area contributed by atoms with Gasteiger partial charge in [0.15, 0.2) is 11.6 Å². The van der Waals surface area contributed by atoms with Gasteiger partial charge < -0.3 is 10.1 Å². The number of aromatic nitrogens is 2. The Bertz CT molecular complexity index is 587. The zero-order chi connectivity index (χ0) is 14.8. The molecule has 0 bridgehead atoms. The molecule has 0 aliphatic rings. The van der Waals surface area contributed by atoms with Crippen LogP contribution >= 0.6 is 0 Å². The van der Waals surface area contributed by atoms with Crippen molar-refractivity contribution in [2.75, 3.05) is 7.11 Å². The molecule has 0 saturated heterocycles. The van der Waals surface area contributed by atoms with Gasteiger partial charge in [-0.1, -0.05) is 0 Å². The van der Waals surface area contributed by atoms with Crippen molar-refractivity contribution < 1.29 is 9.13 Å². The van der Waals surface area contributed by atoms with Gasteiger partial charge in [0.05, 0.1) is 19.0 Å². The second kappa shape index (κ2) is 5.63. The van der Waals surface area contributed by atoms with E-state index < -0.39 is 0 Å². The Hall–Kier alpha value is -1.88. The van der Waals surface area contributed by atoms with Crippen molar-refractivity contribution in [2.24, 2.45) is 0 Å². The highest BCUT2D eigenvalue weighted by atomic mass is 19.1. The van der Waals surface area contributed by atoms with Crippen molar-refractivity contribution in [3.05, 3.63) is 35.8 Å². The van der Waals surface area contributed by atoms with Crippen LogP contribution in [0.25, 0.3) is 11.3 Å². The van der Waals surface area contributed by atoms with Crippen molar-refractivity contribution in [1.29, 1.82) is 0 Å². The predicted molar refractivity (Wildman–Crippen MR) is 77.1 cm³/mol. The Morgan fingerprint density at radius 2 is 2.10 bits per heavy atom. The summed E-state index contributed by atoms with van der Waals surface area (Å²) in [6, 6.07) is 4.88. The van der Waals surface area contributed by atoms with Crippen molar-refractivity contribution >= 4 is 0 Å². The smallest absolute Gasteiger partial charge is 0.165 e. The van der Waals surface area contributed by atoms with Crippen LogP contribution < -0.4 is 10.1 Å². The van der Waals surface area contributed by atoms with Gasteiger partial charge in [0.1, 0.15) is 0 Å². The summed E-state index contributed by atoms with van der Waals surface area (Å²) in [6.45, 7) is 6.96. The molecule has 1 heterocycles. The molecule has 5 heteroatoms. The van der Waals surface area contributed by atoms with Crippen molar-refractivity contribution in [3.8, 4) is 17.0 Å². The third-order valence-electron chi connectivity index (χ3n) is 2.97. The minimum Gasteiger partial charge on any atom is -0.494 e. The molecule has 108 valence electrons. The number of H-pyrrole nitrogens is 1. The molecular weight excluding hydrogens is 257 g/mol. The van der Waals surface area contributed by atoms with E-state index in [9.17, 15) is 4.39 Å². The maximum Gasteiger partial charge on any atom is 0.165 e. The first-order chi connectivity index (χ1) is 9.40. The fourth-order valence-corrected chi connectivity index (χ4v) is 1.88. The molecule has 0 aliphatic heterocycles. The lowest BCUT2D eigenvalue weighted by molar-refractivity contribution is 0.386. The molecule has 0 spiro atoms. The van der Waals surface area contributed by atoms with Gasteiger partial charge in [0.2, 0.25) is 0 Å². The van der Waals surface area contributed by atoms with Crippen molar-refractivity contribution in [3.63, 3.8) is 0 Å². The number of ether oxygens (including phenoxy) is 1. The first-order valence-electron chi connectivity index (χ1n) is 6.52. The van der Waals surface area contributed by atoms with E-state index in [1.807, 2.05) is 6.07 Å². The molecule has 1 aromatic carbocycles. The molecule has 0 unspecified atom stereocenters. The molecule has 2 aromatic rings. The average molecular weight is 277 g/mol. The number of methoxy groups -OCH3 is 1. The molecule has 2 rings (SSSR count). The van der Waals surface area contributed by atoms with Crippen LogP contribution in [0, 0.1) is 5.82 Å². The lowest BCUT2D eigenvalue weighted by Crippen LogP contribution is -2.35. The Labute approximate surface area is 118 Å². The van der Waals surface area contributed by atoms with E-state index in [1.54, 1.807) is 12.3 Å². The third-order valence-corrected chi connectivity index (χ3v) is 2.97. The molecule has 0 atom stereocenters. The number of halogens is 1. The highest BCUT2D eigenvalue weighted by molar-refractivity contribution is 5.63. The predicted octanol–water partition coefficient (Wildman–Crippen LogP) is 3.11. The van der Waals surface area contributed by atoms with Gasteiger partial charge in [-0.25, -0.2) is 4.39 Å². The van der Waals surface area contributed by atoms with Crippen molar-refractivity contribution in [2.45, 2.75) is 32.9 Å². The highest BCUT2D eigenvalue weighted by Gasteiger charge is 2.14. The number of aromatic amines is 1. The Morgan fingerprint density at radius 3 is 2.70 bits per heavy atom. The second-order valence-corrected chi connectivity index (χ2v) is 5.72. The van der Waals surface area contributed by atoms with E-state index in [0.29, 0.717) is 6.54 Å². The molecule has 0 radical (unpaired) electrons. The molecule has 2 N–H and O–H groups in total. The molecule has 1 aromatic heterocycles. The maximum atomic E-state index is 13.8. The van der Waals surface area contributed by atoms with Crippen LogP contribution in [0.4, 0.5) is 4.39 Å². The summed E-state index contributed by atoms with van der Waals surface area (Å²) in [5.74, 6) is -0.142. The summed E-state index contributed by atoms with van der Waals surface area (Å²) in [7, 11) is 1.45. The molecule has 20 heavy (non-hydrogen) atoms. The lowest BCUT2D eigenvalue weighted by atomic mass is 10.1. The Morgan fingerprint density at radius 1 is 1.35 bits per heavy atom. The summed E-state index contributed by atoms with van der Waals surface area (Å²) in [6.07, 6.45) is 1.76.